The van der Waals surface area contributed by atoms with Crippen LogP contribution in [-0.2, 0) is 11.3 Å². The molecule has 1 aromatic heterocycles. The maximum absolute atomic E-state index is 12.4. The number of fused-ring (bicyclic) bond motifs is 1. The Balaban J connectivity index is 1.94. The molecule has 0 atom stereocenters. The Hall–Kier alpha value is -2.26. The Morgan fingerprint density at radius 3 is 2.65 bits per heavy atom. The number of carbonyl (C=O) groups is 1. The Labute approximate surface area is 157 Å². The number of thiazole rings is 1. The number of ether oxygens (including phenoxy) is 2. The normalized spacial score (nSPS) is 15.3. The highest BCUT2D eigenvalue weighted by atomic mass is 32.1. The summed E-state index contributed by atoms with van der Waals surface area (Å²) in [5.74, 6) is 4.53. The van der Waals surface area contributed by atoms with Gasteiger partial charge in [-0.1, -0.05) is 42.9 Å². The van der Waals surface area contributed by atoms with Gasteiger partial charge in [-0.25, -0.2) is 0 Å². The molecule has 1 saturated carbocycles. The van der Waals surface area contributed by atoms with Crippen LogP contribution in [0.1, 0.15) is 38.5 Å². The van der Waals surface area contributed by atoms with Gasteiger partial charge in [0.25, 0.3) is 0 Å². The zero-order chi connectivity index (χ0) is 18.5. The maximum Gasteiger partial charge on any atom is 0.248 e. The molecule has 0 saturated heterocycles. The highest BCUT2D eigenvalue weighted by molar-refractivity contribution is 7.16. The molecule has 0 spiro atoms. The molecule has 138 valence electrons. The van der Waals surface area contributed by atoms with E-state index < -0.39 is 0 Å². The van der Waals surface area contributed by atoms with Gasteiger partial charge in [-0.15, -0.1) is 6.42 Å². The zero-order valence-electron chi connectivity index (χ0n) is 15.3. The lowest BCUT2D eigenvalue weighted by Crippen LogP contribution is -2.16. The number of terminal acetylenes is 1. The predicted octanol–water partition coefficient (Wildman–Crippen LogP) is 3.75. The molecule has 1 amide bonds. The van der Waals surface area contributed by atoms with Gasteiger partial charge in [-0.05, 0) is 12.3 Å². The Kier molecular flexibility index (Phi) is 6.00. The smallest absolute Gasteiger partial charge is 0.248 e. The molecule has 5 nitrogen and oxygen atoms in total. The molecule has 26 heavy (non-hydrogen) atoms. The highest BCUT2D eigenvalue weighted by Crippen LogP contribution is 2.33. The molecule has 1 fully saturated rings. The number of hydrogen-bond acceptors (Lipinski definition) is 4. The number of benzene rings is 1. The van der Waals surface area contributed by atoms with Crippen LogP contribution >= 0.6 is 11.3 Å². The summed E-state index contributed by atoms with van der Waals surface area (Å²) in [6, 6.07) is 3.78. The van der Waals surface area contributed by atoms with E-state index in [1.54, 1.807) is 14.2 Å². The van der Waals surface area contributed by atoms with Crippen molar-refractivity contribution in [2.45, 2.75) is 45.1 Å². The van der Waals surface area contributed by atoms with E-state index in [1.165, 1.54) is 37.0 Å². The topological polar surface area (TPSA) is 52.8 Å². The molecule has 0 bridgehead atoms. The van der Waals surface area contributed by atoms with Crippen molar-refractivity contribution in [2.24, 2.45) is 10.9 Å². The predicted molar refractivity (Wildman–Crippen MR) is 104 cm³/mol. The molecule has 0 aliphatic heterocycles. The van der Waals surface area contributed by atoms with Gasteiger partial charge in [0, 0.05) is 18.6 Å². The summed E-state index contributed by atoms with van der Waals surface area (Å²) >= 11 is 1.44. The lowest BCUT2D eigenvalue weighted by atomic mass is 10.0. The second kappa shape index (κ2) is 8.41. The van der Waals surface area contributed by atoms with Crippen molar-refractivity contribution in [3.05, 3.63) is 16.9 Å². The fraction of sp³-hybridized carbons (Fsp3) is 0.500. The Morgan fingerprint density at radius 2 is 2.00 bits per heavy atom. The van der Waals surface area contributed by atoms with E-state index >= 15 is 0 Å². The van der Waals surface area contributed by atoms with Gasteiger partial charge in [0.1, 0.15) is 0 Å². The third kappa shape index (κ3) is 3.94. The third-order valence-electron chi connectivity index (χ3n) is 4.90. The van der Waals surface area contributed by atoms with Crippen LogP contribution in [0.25, 0.3) is 10.2 Å². The van der Waals surface area contributed by atoms with Crippen molar-refractivity contribution in [2.75, 3.05) is 14.2 Å². The number of aromatic nitrogens is 1. The van der Waals surface area contributed by atoms with E-state index in [1.807, 2.05) is 16.7 Å². The average molecular weight is 372 g/mol. The fourth-order valence-electron chi connectivity index (χ4n) is 3.52. The molecule has 2 aromatic rings. The van der Waals surface area contributed by atoms with Gasteiger partial charge in [-0.3, -0.25) is 4.79 Å². The van der Waals surface area contributed by atoms with E-state index in [0.29, 0.717) is 35.2 Å². The largest absolute Gasteiger partial charge is 0.493 e. The van der Waals surface area contributed by atoms with Gasteiger partial charge in [-0.2, -0.15) is 4.99 Å². The van der Waals surface area contributed by atoms with Crippen molar-refractivity contribution in [3.8, 4) is 23.8 Å². The van der Waals surface area contributed by atoms with Gasteiger partial charge in [0.2, 0.25) is 5.91 Å². The second-order valence-corrected chi connectivity index (χ2v) is 7.55. The standard InChI is InChI=1S/C20H24N2O3S/c1-4-11-22-15-12-16(24-2)17(25-3)13-18(15)26-20(22)21-19(23)10-9-14-7-5-6-8-14/h1,12-14H,5-11H2,2-3H3. The molecule has 0 N–H and O–H groups in total. The summed E-state index contributed by atoms with van der Waals surface area (Å²) < 4.78 is 13.6. The Bertz CT molecular complexity index is 898. The molecule has 1 heterocycles. The monoisotopic (exact) mass is 372 g/mol. The van der Waals surface area contributed by atoms with Gasteiger partial charge < -0.3 is 14.0 Å². The van der Waals surface area contributed by atoms with Crippen molar-refractivity contribution in [1.29, 1.82) is 0 Å². The summed E-state index contributed by atoms with van der Waals surface area (Å²) in [5.41, 5.74) is 0.896. The minimum atomic E-state index is -0.0758. The summed E-state index contributed by atoms with van der Waals surface area (Å²) in [7, 11) is 3.20. The number of carbonyl (C=O) groups excluding carboxylic acids is 1. The van der Waals surface area contributed by atoms with Crippen molar-refractivity contribution >= 4 is 27.5 Å². The first-order valence-corrected chi connectivity index (χ1v) is 9.74. The average Bonchev–Trinajstić information content (AvgIpc) is 3.27. The van der Waals surface area contributed by atoms with Crippen LogP contribution in [-0.4, -0.2) is 24.7 Å². The van der Waals surface area contributed by atoms with Crippen LogP contribution < -0.4 is 14.3 Å². The van der Waals surface area contributed by atoms with Crippen LogP contribution in [0.5, 0.6) is 11.5 Å². The molecular weight excluding hydrogens is 348 g/mol. The molecular formula is C20H24N2O3S. The minimum Gasteiger partial charge on any atom is -0.493 e. The fourth-order valence-corrected chi connectivity index (χ4v) is 4.57. The van der Waals surface area contributed by atoms with Crippen LogP contribution in [0.2, 0.25) is 0 Å². The molecule has 6 heteroatoms. The summed E-state index contributed by atoms with van der Waals surface area (Å²) in [6.45, 7) is 0.351. The summed E-state index contributed by atoms with van der Waals surface area (Å²) in [5, 5.41) is 0. The highest BCUT2D eigenvalue weighted by Gasteiger charge is 2.17. The van der Waals surface area contributed by atoms with Gasteiger partial charge in [0.15, 0.2) is 16.3 Å². The lowest BCUT2D eigenvalue weighted by Gasteiger charge is -2.08. The van der Waals surface area contributed by atoms with E-state index in [4.69, 9.17) is 15.9 Å². The summed E-state index contributed by atoms with van der Waals surface area (Å²) in [4.78, 5) is 17.4. The van der Waals surface area contributed by atoms with E-state index in [9.17, 15) is 4.79 Å². The molecule has 0 radical (unpaired) electrons. The first-order chi connectivity index (χ1) is 12.7. The SMILES string of the molecule is C#CCn1c(=NC(=O)CCC2CCCC2)sc2cc(OC)c(OC)cc21. The van der Waals surface area contributed by atoms with Crippen LogP contribution in [0.15, 0.2) is 17.1 Å². The molecule has 1 aromatic carbocycles. The Morgan fingerprint density at radius 1 is 1.31 bits per heavy atom. The van der Waals surface area contributed by atoms with Crippen molar-refractivity contribution < 1.29 is 14.3 Å². The summed E-state index contributed by atoms with van der Waals surface area (Å²) in [6.07, 6.45) is 12.0. The number of rotatable bonds is 6. The number of nitrogens with zero attached hydrogens (tertiary/aromatic N) is 2. The molecule has 0 unspecified atom stereocenters. The van der Waals surface area contributed by atoms with Crippen molar-refractivity contribution in [1.82, 2.24) is 4.57 Å². The van der Waals surface area contributed by atoms with E-state index in [0.717, 1.165) is 16.6 Å². The lowest BCUT2D eigenvalue weighted by molar-refractivity contribution is -0.118. The number of amides is 1. The van der Waals surface area contributed by atoms with Crippen molar-refractivity contribution in [3.63, 3.8) is 0 Å². The second-order valence-electron chi connectivity index (χ2n) is 6.54. The molecule has 1 aliphatic rings. The number of hydrogen-bond donors (Lipinski definition) is 0. The maximum atomic E-state index is 12.4. The van der Waals surface area contributed by atoms with E-state index in [2.05, 4.69) is 10.9 Å². The van der Waals surface area contributed by atoms with Crippen LogP contribution in [0.3, 0.4) is 0 Å². The number of methoxy groups -OCH3 is 2. The first-order valence-electron chi connectivity index (χ1n) is 8.92. The van der Waals surface area contributed by atoms with E-state index in [-0.39, 0.29) is 5.91 Å². The third-order valence-corrected chi connectivity index (χ3v) is 5.94. The van der Waals surface area contributed by atoms with Gasteiger partial charge in [0.05, 0.1) is 31.0 Å². The van der Waals surface area contributed by atoms with Crippen LogP contribution in [0.4, 0.5) is 0 Å². The molecule has 1 aliphatic carbocycles. The van der Waals surface area contributed by atoms with Crippen LogP contribution in [0, 0.1) is 18.3 Å². The molecule has 3 rings (SSSR count). The first kappa shape index (κ1) is 18.5. The zero-order valence-corrected chi connectivity index (χ0v) is 16.1. The minimum absolute atomic E-state index is 0.0758. The van der Waals surface area contributed by atoms with Gasteiger partial charge >= 0.3 is 0 Å². The quantitative estimate of drug-likeness (QED) is 0.726.